The summed E-state index contributed by atoms with van der Waals surface area (Å²) in [6.45, 7) is 0.236. The van der Waals surface area contributed by atoms with Crippen LogP contribution in [-0.4, -0.2) is 39.1 Å². The predicted octanol–water partition coefficient (Wildman–Crippen LogP) is 1.47. The van der Waals surface area contributed by atoms with Gasteiger partial charge in [-0.3, -0.25) is 9.59 Å². The predicted molar refractivity (Wildman–Crippen MR) is 62.5 cm³/mol. The molecule has 4 nitrogen and oxygen atoms in total. The Morgan fingerprint density at radius 3 is 1.43 bits per heavy atom. The molecule has 0 unspecified atom stereocenters. The van der Waals surface area contributed by atoms with Crippen LogP contribution in [0.25, 0.3) is 0 Å². The lowest BCUT2D eigenvalue weighted by molar-refractivity contribution is -0.127. The molecule has 0 aromatic heterocycles. The highest BCUT2D eigenvalue weighted by molar-refractivity contribution is 9.09. The number of aliphatic hydroxyl groups is 1. The number of carbonyl (C=O) groups is 3. The molecule has 1 N–H and O–H groups in total. The van der Waals surface area contributed by atoms with Crippen molar-refractivity contribution in [1.82, 2.24) is 0 Å². The Kier molecular flexibility index (Phi) is 27.3. The van der Waals surface area contributed by atoms with Crippen LogP contribution in [0.2, 0.25) is 0 Å². The normalized spacial score (nSPS) is 7.21. The summed E-state index contributed by atoms with van der Waals surface area (Å²) in [6.07, 6.45) is 0.792. The fourth-order valence-corrected chi connectivity index (χ4v) is 0. The second-order valence-corrected chi connectivity index (χ2v) is 3.41. The highest BCUT2D eigenvalue weighted by Gasteiger charge is 2.01. The van der Waals surface area contributed by atoms with Crippen LogP contribution in [0.5, 0.6) is 0 Å². The molecule has 0 aliphatic rings. The van der Waals surface area contributed by atoms with Crippen molar-refractivity contribution in [3.8, 4) is 0 Å². The van der Waals surface area contributed by atoms with E-state index in [1.807, 2.05) is 0 Å². The van der Waals surface area contributed by atoms with Gasteiger partial charge in [-0.25, -0.2) is 0 Å². The van der Waals surface area contributed by atoms with Crippen molar-refractivity contribution in [2.24, 2.45) is 0 Å². The molecule has 0 bridgehead atoms. The number of halogens is 4. The Morgan fingerprint density at radius 1 is 1.21 bits per heavy atom. The van der Waals surface area contributed by atoms with Gasteiger partial charge in [-0.2, -0.15) is 0 Å². The molecule has 0 aromatic rings. The molecule has 0 aliphatic heterocycles. The van der Waals surface area contributed by atoms with Crippen molar-refractivity contribution in [3.63, 3.8) is 0 Å². The Morgan fingerprint density at radius 2 is 1.43 bits per heavy atom. The number of aliphatic hydroxyl groups excluding tert-OH is 1. The van der Waals surface area contributed by atoms with Gasteiger partial charge in [0.05, 0.1) is 11.9 Å². The van der Waals surface area contributed by atoms with E-state index in [2.05, 4.69) is 55.1 Å². The lowest BCUT2D eigenvalue weighted by Crippen LogP contribution is -1.94. The number of carbonyl (C=O) groups excluding carboxylic acids is 3. The molecule has 0 rings (SSSR count). The summed E-state index contributed by atoms with van der Waals surface area (Å²) in [4.78, 5) is 28.0. The summed E-state index contributed by atoms with van der Waals surface area (Å²) in [7, 11) is 0. The molecule has 0 aliphatic carbocycles. The lowest BCUT2D eigenvalue weighted by atomic mass is 10.9. The molecular formula is C6H8Br2Cl2O4. The van der Waals surface area contributed by atoms with Crippen LogP contribution in [0.3, 0.4) is 0 Å². The fourth-order valence-electron chi connectivity index (χ4n) is 0. The van der Waals surface area contributed by atoms with E-state index in [9.17, 15) is 9.59 Å². The summed E-state index contributed by atoms with van der Waals surface area (Å²) in [6, 6.07) is 0. The van der Waals surface area contributed by atoms with E-state index in [1.54, 1.807) is 0 Å². The van der Waals surface area contributed by atoms with Gasteiger partial charge in [0.25, 0.3) is 0 Å². The third-order valence-corrected chi connectivity index (χ3v) is 1.36. The van der Waals surface area contributed by atoms with Crippen molar-refractivity contribution < 1.29 is 19.5 Å². The van der Waals surface area contributed by atoms with Crippen molar-refractivity contribution in [2.75, 3.05) is 17.3 Å². The molecule has 0 saturated carbocycles. The van der Waals surface area contributed by atoms with E-state index < -0.39 is 10.5 Å². The summed E-state index contributed by atoms with van der Waals surface area (Å²) >= 11 is 14.9. The van der Waals surface area contributed by atoms with Crippen LogP contribution in [0.1, 0.15) is 0 Å². The third kappa shape index (κ3) is 39.1. The molecule has 0 spiro atoms. The van der Waals surface area contributed by atoms with Crippen LogP contribution >= 0.6 is 55.1 Å². The molecule has 0 amide bonds. The zero-order chi connectivity index (χ0) is 12.0. The molecule has 0 radical (unpaired) electrons. The third-order valence-electron chi connectivity index (χ3n) is 0.302. The van der Waals surface area contributed by atoms with E-state index >= 15 is 0 Å². The van der Waals surface area contributed by atoms with E-state index in [0.717, 1.165) is 6.29 Å². The molecule has 0 aromatic carbocycles. The maximum absolute atomic E-state index is 9.43. The average Bonchev–Trinajstić information content (AvgIpc) is 2.18. The number of aldehydes is 1. The quantitative estimate of drug-likeness (QED) is 0.351. The van der Waals surface area contributed by atoms with E-state index in [0.29, 0.717) is 10.7 Å². The van der Waals surface area contributed by atoms with Gasteiger partial charge in [0.1, 0.15) is 6.29 Å². The van der Waals surface area contributed by atoms with E-state index in [1.165, 1.54) is 0 Å². The van der Waals surface area contributed by atoms with E-state index in [-0.39, 0.29) is 6.61 Å². The van der Waals surface area contributed by atoms with Crippen LogP contribution in [0.15, 0.2) is 0 Å². The number of rotatable bonds is 3. The van der Waals surface area contributed by atoms with E-state index in [4.69, 9.17) is 9.90 Å². The molecule has 8 heteroatoms. The van der Waals surface area contributed by atoms with Crippen molar-refractivity contribution in [3.05, 3.63) is 0 Å². The van der Waals surface area contributed by atoms with Crippen LogP contribution < -0.4 is 0 Å². The van der Waals surface area contributed by atoms with Gasteiger partial charge in [-0.15, -0.1) is 0 Å². The summed E-state index contributed by atoms with van der Waals surface area (Å²) in [5, 5.41) is 6.68. The molecule has 14 heavy (non-hydrogen) atoms. The van der Waals surface area contributed by atoms with Gasteiger partial charge in [0.15, 0.2) is 0 Å². The zero-order valence-electron chi connectivity index (χ0n) is 6.88. The van der Waals surface area contributed by atoms with Crippen molar-refractivity contribution >= 4 is 71.8 Å². The van der Waals surface area contributed by atoms with Crippen molar-refractivity contribution in [1.29, 1.82) is 0 Å². The highest BCUT2D eigenvalue weighted by atomic mass is 79.9. The number of alkyl halides is 2. The lowest BCUT2D eigenvalue weighted by Gasteiger charge is -1.67. The Bertz CT molecular complexity index is 152. The number of hydrogen-bond acceptors (Lipinski definition) is 4. The van der Waals surface area contributed by atoms with Crippen LogP contribution in [-0.2, 0) is 14.4 Å². The summed E-state index contributed by atoms with van der Waals surface area (Å²) < 4.78 is 0. The minimum atomic E-state index is -1.14. The molecular weight excluding hydrogens is 367 g/mol. The fraction of sp³-hybridized carbons (Fsp3) is 0.500. The minimum Gasteiger partial charge on any atom is -0.396 e. The second kappa shape index (κ2) is 19.1. The first-order valence-electron chi connectivity index (χ1n) is 3.03. The van der Waals surface area contributed by atoms with Gasteiger partial charge in [-0.05, 0) is 23.2 Å². The summed E-state index contributed by atoms with van der Waals surface area (Å²) in [5.41, 5.74) is 0. The first kappa shape index (κ1) is 20.0. The summed E-state index contributed by atoms with van der Waals surface area (Å²) in [5.74, 6) is 0. The van der Waals surface area contributed by atoms with Gasteiger partial charge in [0, 0.05) is 5.33 Å². The smallest absolute Gasteiger partial charge is 0.304 e. The Hall–Kier alpha value is 0.510. The minimum absolute atomic E-state index is 0.236. The Balaban J connectivity index is -0.000000135. The molecule has 0 fully saturated rings. The first-order chi connectivity index (χ1) is 6.47. The van der Waals surface area contributed by atoms with Crippen LogP contribution in [0.4, 0.5) is 0 Å². The number of hydrogen-bond donors (Lipinski definition) is 1. The van der Waals surface area contributed by atoms with Crippen molar-refractivity contribution in [2.45, 2.75) is 0 Å². The second-order valence-electron chi connectivity index (χ2n) is 1.28. The van der Waals surface area contributed by atoms with Crippen LogP contribution in [0, 0.1) is 0 Å². The molecule has 0 heterocycles. The SMILES string of the molecule is O=C(Cl)C(=O)Cl.O=CCBr.OCCBr. The zero-order valence-corrected chi connectivity index (χ0v) is 11.6. The average molecular weight is 375 g/mol. The first-order valence-corrected chi connectivity index (χ1v) is 6.03. The maximum atomic E-state index is 9.43. The molecule has 0 saturated heterocycles. The largest absolute Gasteiger partial charge is 0.396 e. The highest BCUT2D eigenvalue weighted by Crippen LogP contribution is 1.84. The molecule has 84 valence electrons. The van der Waals surface area contributed by atoms with Gasteiger partial charge in [0.2, 0.25) is 0 Å². The monoisotopic (exact) mass is 372 g/mol. The topological polar surface area (TPSA) is 71.4 Å². The van der Waals surface area contributed by atoms with Gasteiger partial charge >= 0.3 is 10.5 Å². The maximum Gasteiger partial charge on any atom is 0.304 e. The standard InChI is InChI=1S/C2H5BrO.C2H3BrO.C2Cl2O2/c2*3-1-2-4;3-1(5)2(4)6/h4H,1-2H2;2H,1H2;. The Labute approximate surface area is 108 Å². The van der Waals surface area contributed by atoms with Gasteiger partial charge in [-0.1, -0.05) is 31.9 Å². The molecule has 0 atom stereocenters. The van der Waals surface area contributed by atoms with Gasteiger partial charge < -0.3 is 9.90 Å².